The predicted molar refractivity (Wildman–Crippen MR) is 79.4 cm³/mol. The van der Waals surface area contributed by atoms with Crippen LogP contribution in [0.5, 0.6) is 0 Å². The van der Waals surface area contributed by atoms with Crippen LogP contribution in [0.1, 0.15) is 18.2 Å². The van der Waals surface area contributed by atoms with Crippen LogP contribution in [0.2, 0.25) is 0 Å². The van der Waals surface area contributed by atoms with Crippen molar-refractivity contribution in [2.75, 3.05) is 31.6 Å². The van der Waals surface area contributed by atoms with Crippen LogP contribution in [0.25, 0.3) is 0 Å². The molecule has 1 atom stereocenters. The molecule has 1 fully saturated rings. The summed E-state index contributed by atoms with van der Waals surface area (Å²) < 4.78 is 38.6. The van der Waals surface area contributed by atoms with Gasteiger partial charge < -0.3 is 15.5 Å². The molecule has 1 aromatic heterocycles. The average Bonchev–Trinajstić information content (AvgIpc) is 2.37. The molecular weight excluding hydrogens is 301 g/mol. The van der Waals surface area contributed by atoms with E-state index in [1.165, 1.54) is 6.07 Å². The number of anilines is 1. The van der Waals surface area contributed by atoms with Gasteiger partial charge in [0.05, 0.1) is 5.56 Å². The van der Waals surface area contributed by atoms with Gasteiger partial charge in [-0.2, -0.15) is 13.2 Å². The highest BCUT2D eigenvalue weighted by molar-refractivity contribution is 7.80. The van der Waals surface area contributed by atoms with E-state index in [-0.39, 0.29) is 16.8 Å². The van der Waals surface area contributed by atoms with E-state index >= 15 is 0 Å². The van der Waals surface area contributed by atoms with E-state index in [1.54, 1.807) is 0 Å². The van der Waals surface area contributed by atoms with Crippen LogP contribution in [0.15, 0.2) is 12.1 Å². The lowest BCUT2D eigenvalue weighted by Gasteiger charge is -2.39. The SMILES string of the molecule is CC1CN(C)CCN1c1nc(C(F)(F)F)ccc1C(N)=S. The second-order valence-electron chi connectivity index (χ2n) is 5.23. The van der Waals surface area contributed by atoms with Crippen LogP contribution in [-0.4, -0.2) is 47.6 Å². The monoisotopic (exact) mass is 318 g/mol. The van der Waals surface area contributed by atoms with E-state index in [9.17, 15) is 13.2 Å². The van der Waals surface area contributed by atoms with Crippen molar-refractivity contribution in [3.8, 4) is 0 Å². The maximum absolute atomic E-state index is 12.9. The Bertz CT molecular complexity index is 547. The number of hydrogen-bond acceptors (Lipinski definition) is 4. The van der Waals surface area contributed by atoms with Crippen molar-refractivity contribution in [2.45, 2.75) is 19.1 Å². The fraction of sp³-hybridized carbons (Fsp3) is 0.538. The van der Waals surface area contributed by atoms with Crippen molar-refractivity contribution >= 4 is 23.0 Å². The van der Waals surface area contributed by atoms with Gasteiger partial charge in [0.2, 0.25) is 0 Å². The highest BCUT2D eigenvalue weighted by Gasteiger charge is 2.35. The van der Waals surface area contributed by atoms with Crippen molar-refractivity contribution in [1.29, 1.82) is 0 Å². The van der Waals surface area contributed by atoms with Gasteiger partial charge in [0.1, 0.15) is 16.5 Å². The molecule has 2 N–H and O–H groups in total. The smallest absolute Gasteiger partial charge is 0.389 e. The molecule has 1 unspecified atom stereocenters. The molecule has 0 aliphatic carbocycles. The molecule has 0 radical (unpaired) electrons. The Labute approximate surface area is 126 Å². The number of nitrogens with two attached hydrogens (primary N) is 1. The fourth-order valence-electron chi connectivity index (χ4n) is 2.47. The minimum absolute atomic E-state index is 0.0350. The third-order valence-electron chi connectivity index (χ3n) is 3.53. The first-order chi connectivity index (χ1) is 9.70. The Balaban J connectivity index is 2.46. The van der Waals surface area contributed by atoms with E-state index in [0.29, 0.717) is 12.1 Å². The molecule has 1 aliphatic rings. The summed E-state index contributed by atoms with van der Waals surface area (Å²) in [7, 11) is 1.97. The second kappa shape index (κ2) is 5.76. The normalized spacial score (nSPS) is 20.6. The van der Waals surface area contributed by atoms with Gasteiger partial charge in [-0.15, -0.1) is 0 Å². The van der Waals surface area contributed by atoms with E-state index in [0.717, 1.165) is 19.2 Å². The Morgan fingerprint density at radius 2 is 2.05 bits per heavy atom. The number of thiocarbonyl (C=S) groups is 1. The number of rotatable bonds is 2. The van der Waals surface area contributed by atoms with E-state index < -0.39 is 11.9 Å². The van der Waals surface area contributed by atoms with Gasteiger partial charge in [-0.05, 0) is 26.1 Å². The number of piperazine rings is 1. The summed E-state index contributed by atoms with van der Waals surface area (Å²) in [6.07, 6.45) is -4.49. The van der Waals surface area contributed by atoms with Gasteiger partial charge in [0.25, 0.3) is 0 Å². The summed E-state index contributed by atoms with van der Waals surface area (Å²) in [5.74, 6) is 0.220. The van der Waals surface area contributed by atoms with Crippen LogP contribution in [0.3, 0.4) is 0 Å². The number of nitrogens with zero attached hydrogens (tertiary/aromatic N) is 3. The molecule has 1 aromatic rings. The van der Waals surface area contributed by atoms with Gasteiger partial charge in [0.15, 0.2) is 0 Å². The molecule has 8 heteroatoms. The fourth-order valence-corrected chi connectivity index (χ4v) is 2.63. The number of likely N-dealkylation sites (N-methyl/N-ethyl adjacent to an activating group) is 1. The van der Waals surface area contributed by atoms with Gasteiger partial charge in [0, 0.05) is 25.7 Å². The summed E-state index contributed by atoms with van der Waals surface area (Å²) in [5, 5.41) is 0. The molecule has 2 rings (SSSR count). The highest BCUT2D eigenvalue weighted by Crippen LogP contribution is 2.31. The first-order valence-electron chi connectivity index (χ1n) is 6.53. The van der Waals surface area contributed by atoms with Crippen LogP contribution >= 0.6 is 12.2 Å². The third-order valence-corrected chi connectivity index (χ3v) is 3.75. The minimum atomic E-state index is -4.49. The van der Waals surface area contributed by atoms with Crippen LogP contribution in [0.4, 0.5) is 19.0 Å². The van der Waals surface area contributed by atoms with Crippen LogP contribution in [0, 0.1) is 0 Å². The first-order valence-corrected chi connectivity index (χ1v) is 6.94. The zero-order valence-electron chi connectivity index (χ0n) is 11.8. The molecule has 2 heterocycles. The number of aromatic nitrogens is 1. The van der Waals surface area contributed by atoms with E-state index in [4.69, 9.17) is 18.0 Å². The Hall–Kier alpha value is -1.41. The quantitative estimate of drug-likeness (QED) is 0.844. The molecule has 0 aromatic carbocycles. The van der Waals surface area contributed by atoms with Gasteiger partial charge >= 0.3 is 6.18 Å². The van der Waals surface area contributed by atoms with Crippen molar-refractivity contribution in [3.63, 3.8) is 0 Å². The molecule has 0 spiro atoms. The molecule has 1 saturated heterocycles. The van der Waals surface area contributed by atoms with Crippen molar-refractivity contribution in [1.82, 2.24) is 9.88 Å². The number of alkyl halides is 3. The molecule has 4 nitrogen and oxygen atoms in total. The molecule has 0 amide bonds. The third kappa shape index (κ3) is 3.44. The van der Waals surface area contributed by atoms with Crippen LogP contribution < -0.4 is 10.6 Å². The lowest BCUT2D eigenvalue weighted by Crippen LogP contribution is -2.51. The summed E-state index contributed by atoms with van der Waals surface area (Å²) in [5.41, 5.74) is 5.08. The predicted octanol–water partition coefficient (Wildman–Crippen LogP) is 1.87. The highest BCUT2D eigenvalue weighted by atomic mass is 32.1. The Kier molecular flexibility index (Phi) is 4.38. The lowest BCUT2D eigenvalue weighted by atomic mass is 10.1. The zero-order chi connectivity index (χ0) is 15.8. The van der Waals surface area contributed by atoms with Crippen molar-refractivity contribution in [2.24, 2.45) is 5.73 Å². The van der Waals surface area contributed by atoms with Gasteiger partial charge in [-0.25, -0.2) is 4.98 Å². The number of halogens is 3. The molecule has 116 valence electrons. The second-order valence-corrected chi connectivity index (χ2v) is 5.67. The van der Waals surface area contributed by atoms with Gasteiger partial charge in [-0.3, -0.25) is 0 Å². The van der Waals surface area contributed by atoms with Gasteiger partial charge in [-0.1, -0.05) is 12.2 Å². The molecule has 0 bridgehead atoms. The summed E-state index contributed by atoms with van der Waals surface area (Å²) in [6.45, 7) is 4.02. The van der Waals surface area contributed by atoms with Crippen molar-refractivity contribution < 1.29 is 13.2 Å². The average molecular weight is 318 g/mol. The summed E-state index contributed by atoms with van der Waals surface area (Å²) >= 11 is 4.94. The summed E-state index contributed by atoms with van der Waals surface area (Å²) in [6, 6.07) is 2.25. The zero-order valence-corrected chi connectivity index (χ0v) is 12.6. The number of hydrogen-bond donors (Lipinski definition) is 1. The molecular formula is C13H17F3N4S. The largest absolute Gasteiger partial charge is 0.433 e. The minimum Gasteiger partial charge on any atom is -0.389 e. The van der Waals surface area contributed by atoms with E-state index in [1.807, 2.05) is 18.9 Å². The lowest BCUT2D eigenvalue weighted by molar-refractivity contribution is -0.141. The first kappa shape index (κ1) is 16.0. The maximum Gasteiger partial charge on any atom is 0.433 e. The topological polar surface area (TPSA) is 45.4 Å². The molecule has 0 saturated carbocycles. The van der Waals surface area contributed by atoms with Crippen LogP contribution in [-0.2, 0) is 6.18 Å². The Morgan fingerprint density at radius 1 is 1.38 bits per heavy atom. The number of pyridine rings is 1. The standard InChI is InChI=1S/C13H17F3N4S/c1-8-7-19(2)5-6-20(8)12-9(11(17)21)3-4-10(18-12)13(14,15)16/h3-4,8H,5-7H2,1-2H3,(H2,17,21). The maximum atomic E-state index is 12.9. The van der Waals surface area contributed by atoms with Crippen molar-refractivity contribution in [3.05, 3.63) is 23.4 Å². The summed E-state index contributed by atoms with van der Waals surface area (Å²) in [4.78, 5) is 7.79. The Morgan fingerprint density at radius 3 is 2.57 bits per heavy atom. The molecule has 21 heavy (non-hydrogen) atoms. The van der Waals surface area contributed by atoms with E-state index in [2.05, 4.69) is 9.88 Å². The molecule has 1 aliphatic heterocycles.